The van der Waals surface area contributed by atoms with Crippen LogP contribution in [0.4, 0.5) is 5.13 Å². The van der Waals surface area contributed by atoms with E-state index in [2.05, 4.69) is 24.1 Å². The Bertz CT molecular complexity index is 491. The predicted octanol–water partition coefficient (Wildman–Crippen LogP) is 3.56. The molecule has 0 saturated heterocycles. The highest BCUT2D eigenvalue weighted by molar-refractivity contribution is 7.16. The zero-order valence-electron chi connectivity index (χ0n) is 10.3. The topological polar surface area (TPSA) is 34.2 Å². The van der Waals surface area contributed by atoms with Crippen molar-refractivity contribution in [3.8, 4) is 17.0 Å². The third kappa shape index (κ3) is 2.58. The summed E-state index contributed by atoms with van der Waals surface area (Å²) >= 11 is 1.69. The van der Waals surface area contributed by atoms with Gasteiger partial charge in [-0.2, -0.15) is 0 Å². The molecule has 17 heavy (non-hydrogen) atoms. The molecule has 1 aromatic heterocycles. The number of aromatic nitrogens is 1. The molecule has 1 aromatic carbocycles. The van der Waals surface area contributed by atoms with E-state index in [4.69, 9.17) is 4.74 Å². The van der Waals surface area contributed by atoms with Gasteiger partial charge in [-0.15, -0.1) is 11.3 Å². The number of benzene rings is 1. The highest BCUT2D eigenvalue weighted by Crippen LogP contribution is 2.31. The van der Waals surface area contributed by atoms with Crippen LogP contribution in [0.15, 0.2) is 24.3 Å². The SMILES string of the molecule is CCNc1nc(-c2ccc(OC)cc2)c(C)s1. The van der Waals surface area contributed by atoms with E-state index in [1.165, 1.54) is 4.88 Å². The zero-order valence-corrected chi connectivity index (χ0v) is 11.1. The number of rotatable bonds is 4. The fraction of sp³-hybridized carbons (Fsp3) is 0.308. The summed E-state index contributed by atoms with van der Waals surface area (Å²) in [7, 11) is 1.67. The Labute approximate surface area is 105 Å². The number of hydrogen-bond donors (Lipinski definition) is 1. The van der Waals surface area contributed by atoms with E-state index in [1.54, 1.807) is 18.4 Å². The lowest BCUT2D eigenvalue weighted by molar-refractivity contribution is 0.415. The van der Waals surface area contributed by atoms with Crippen LogP contribution in [0.1, 0.15) is 11.8 Å². The number of thiazole rings is 1. The van der Waals surface area contributed by atoms with E-state index < -0.39 is 0 Å². The standard InChI is InChI=1S/C13H16N2OS/c1-4-14-13-15-12(9(2)17-13)10-5-7-11(16-3)8-6-10/h5-8H,4H2,1-3H3,(H,14,15). The van der Waals surface area contributed by atoms with Crippen molar-refractivity contribution in [3.63, 3.8) is 0 Å². The van der Waals surface area contributed by atoms with Gasteiger partial charge in [0.25, 0.3) is 0 Å². The average Bonchev–Trinajstić information content (AvgIpc) is 2.71. The molecule has 0 aliphatic heterocycles. The molecule has 4 heteroatoms. The maximum atomic E-state index is 5.15. The van der Waals surface area contributed by atoms with E-state index in [9.17, 15) is 0 Å². The van der Waals surface area contributed by atoms with E-state index >= 15 is 0 Å². The molecule has 90 valence electrons. The van der Waals surface area contributed by atoms with Gasteiger partial charge in [0, 0.05) is 17.0 Å². The monoisotopic (exact) mass is 248 g/mol. The molecule has 0 fully saturated rings. The molecule has 0 aliphatic carbocycles. The van der Waals surface area contributed by atoms with Crippen LogP contribution in [0.3, 0.4) is 0 Å². The van der Waals surface area contributed by atoms with Gasteiger partial charge >= 0.3 is 0 Å². The molecule has 0 amide bonds. The summed E-state index contributed by atoms with van der Waals surface area (Å²) < 4.78 is 5.15. The third-order valence-corrected chi connectivity index (χ3v) is 3.42. The Hall–Kier alpha value is -1.55. The van der Waals surface area contributed by atoms with Crippen molar-refractivity contribution in [1.82, 2.24) is 4.98 Å². The van der Waals surface area contributed by atoms with Gasteiger partial charge in [-0.1, -0.05) is 0 Å². The molecule has 0 aliphatic rings. The van der Waals surface area contributed by atoms with Crippen molar-refractivity contribution in [3.05, 3.63) is 29.1 Å². The number of anilines is 1. The molecule has 1 heterocycles. The minimum atomic E-state index is 0.869. The molecule has 0 bridgehead atoms. The molecule has 3 nitrogen and oxygen atoms in total. The van der Waals surface area contributed by atoms with E-state index in [1.807, 2.05) is 24.3 Å². The fourth-order valence-electron chi connectivity index (χ4n) is 1.64. The largest absolute Gasteiger partial charge is 0.497 e. The Balaban J connectivity index is 2.31. The summed E-state index contributed by atoms with van der Waals surface area (Å²) in [6.45, 7) is 5.07. The summed E-state index contributed by atoms with van der Waals surface area (Å²) in [6, 6.07) is 8.00. The van der Waals surface area contributed by atoms with Crippen molar-refractivity contribution >= 4 is 16.5 Å². The van der Waals surface area contributed by atoms with Gasteiger partial charge in [-0.3, -0.25) is 0 Å². The lowest BCUT2D eigenvalue weighted by Gasteiger charge is -2.01. The van der Waals surface area contributed by atoms with E-state index in [0.717, 1.165) is 28.7 Å². The van der Waals surface area contributed by atoms with Crippen molar-refractivity contribution < 1.29 is 4.74 Å². The Kier molecular flexibility index (Phi) is 3.64. The van der Waals surface area contributed by atoms with Crippen molar-refractivity contribution in [2.45, 2.75) is 13.8 Å². The van der Waals surface area contributed by atoms with Crippen LogP contribution >= 0.6 is 11.3 Å². The number of nitrogens with zero attached hydrogens (tertiary/aromatic N) is 1. The molecule has 0 radical (unpaired) electrons. The lowest BCUT2D eigenvalue weighted by Crippen LogP contribution is -1.94. The second-order valence-corrected chi connectivity index (χ2v) is 4.89. The summed E-state index contributed by atoms with van der Waals surface area (Å²) in [5, 5.41) is 4.23. The van der Waals surface area contributed by atoms with Crippen LogP contribution in [0, 0.1) is 6.92 Å². The van der Waals surface area contributed by atoms with Gasteiger partial charge in [-0.25, -0.2) is 4.98 Å². The molecule has 1 N–H and O–H groups in total. The maximum absolute atomic E-state index is 5.15. The van der Waals surface area contributed by atoms with Crippen molar-refractivity contribution in [2.24, 2.45) is 0 Å². The highest BCUT2D eigenvalue weighted by Gasteiger charge is 2.09. The van der Waals surface area contributed by atoms with Crippen LogP contribution in [-0.2, 0) is 0 Å². The number of aryl methyl sites for hydroxylation is 1. The third-order valence-electron chi connectivity index (χ3n) is 2.49. The van der Waals surface area contributed by atoms with Crippen LogP contribution < -0.4 is 10.1 Å². The van der Waals surface area contributed by atoms with E-state index in [0.29, 0.717) is 0 Å². The second kappa shape index (κ2) is 5.19. The van der Waals surface area contributed by atoms with Crippen LogP contribution in [0.2, 0.25) is 0 Å². The van der Waals surface area contributed by atoms with Gasteiger partial charge in [0.2, 0.25) is 0 Å². The predicted molar refractivity (Wildman–Crippen MR) is 73.0 cm³/mol. The molecule has 2 rings (SSSR count). The Morgan fingerprint density at radius 1 is 1.29 bits per heavy atom. The normalized spacial score (nSPS) is 10.3. The molecule has 2 aromatic rings. The van der Waals surface area contributed by atoms with Gasteiger partial charge in [0.15, 0.2) is 5.13 Å². The number of methoxy groups -OCH3 is 1. The Morgan fingerprint density at radius 3 is 2.59 bits per heavy atom. The highest BCUT2D eigenvalue weighted by atomic mass is 32.1. The number of nitrogens with one attached hydrogen (secondary N) is 1. The molecule has 0 atom stereocenters. The first-order chi connectivity index (χ1) is 8.24. The smallest absolute Gasteiger partial charge is 0.183 e. The van der Waals surface area contributed by atoms with Crippen LogP contribution in [-0.4, -0.2) is 18.6 Å². The average molecular weight is 248 g/mol. The summed E-state index contributed by atoms with van der Waals surface area (Å²) in [4.78, 5) is 5.82. The molecular formula is C13H16N2OS. The fourth-order valence-corrected chi connectivity index (χ4v) is 2.54. The maximum Gasteiger partial charge on any atom is 0.183 e. The zero-order chi connectivity index (χ0) is 12.3. The Morgan fingerprint density at radius 2 is 2.00 bits per heavy atom. The van der Waals surface area contributed by atoms with Crippen molar-refractivity contribution in [1.29, 1.82) is 0 Å². The molecule has 0 spiro atoms. The van der Waals surface area contributed by atoms with Gasteiger partial charge < -0.3 is 10.1 Å². The van der Waals surface area contributed by atoms with Gasteiger partial charge in [0.1, 0.15) is 5.75 Å². The van der Waals surface area contributed by atoms with Crippen molar-refractivity contribution in [2.75, 3.05) is 19.0 Å². The first kappa shape index (κ1) is 11.9. The van der Waals surface area contributed by atoms with Gasteiger partial charge in [0.05, 0.1) is 12.8 Å². The molecular weight excluding hydrogens is 232 g/mol. The minimum Gasteiger partial charge on any atom is -0.497 e. The van der Waals surface area contributed by atoms with Crippen LogP contribution in [0.5, 0.6) is 5.75 Å². The number of hydrogen-bond acceptors (Lipinski definition) is 4. The first-order valence-electron chi connectivity index (χ1n) is 5.60. The minimum absolute atomic E-state index is 0.869. The quantitative estimate of drug-likeness (QED) is 0.898. The summed E-state index contributed by atoms with van der Waals surface area (Å²) in [5.41, 5.74) is 2.18. The summed E-state index contributed by atoms with van der Waals surface area (Å²) in [5.74, 6) is 0.869. The molecule has 0 unspecified atom stereocenters. The van der Waals surface area contributed by atoms with Gasteiger partial charge in [-0.05, 0) is 38.1 Å². The van der Waals surface area contributed by atoms with E-state index in [-0.39, 0.29) is 0 Å². The number of ether oxygens (including phenoxy) is 1. The first-order valence-corrected chi connectivity index (χ1v) is 6.42. The van der Waals surface area contributed by atoms with Crippen LogP contribution in [0.25, 0.3) is 11.3 Å². The second-order valence-electron chi connectivity index (χ2n) is 3.68. The molecule has 0 saturated carbocycles. The summed E-state index contributed by atoms with van der Waals surface area (Å²) in [6.07, 6.45) is 0. The lowest BCUT2D eigenvalue weighted by atomic mass is 10.1.